The molecule has 0 unspecified atom stereocenters. The lowest BCUT2D eigenvalue weighted by Crippen LogP contribution is -2.44. The van der Waals surface area contributed by atoms with E-state index in [1.807, 2.05) is 0 Å². The number of nitrogens with zero attached hydrogens (tertiary/aromatic N) is 3. The Morgan fingerprint density at radius 1 is 1.27 bits per heavy atom. The summed E-state index contributed by atoms with van der Waals surface area (Å²) in [6.45, 7) is 3.92. The van der Waals surface area contributed by atoms with Crippen molar-refractivity contribution in [2.24, 2.45) is 0 Å². The van der Waals surface area contributed by atoms with Crippen LogP contribution in [0.1, 0.15) is 0 Å². The van der Waals surface area contributed by atoms with Gasteiger partial charge in [-0.2, -0.15) is 0 Å². The lowest BCUT2D eigenvalue weighted by Gasteiger charge is -2.27. The smallest absolute Gasteiger partial charge is 0.225 e. The zero-order valence-corrected chi connectivity index (χ0v) is 9.46. The van der Waals surface area contributed by atoms with E-state index in [2.05, 4.69) is 20.2 Å². The van der Waals surface area contributed by atoms with Crippen LogP contribution in [-0.4, -0.2) is 43.3 Å². The number of hydrogen-bond acceptors (Lipinski definition) is 5. The first-order chi connectivity index (χ1) is 6.90. The summed E-state index contributed by atoms with van der Waals surface area (Å²) in [5, 5.41) is 3.29. The second kappa shape index (κ2) is 5.72. The number of ether oxygens (including phenoxy) is 1. The Balaban J connectivity index is 0.00000112. The summed E-state index contributed by atoms with van der Waals surface area (Å²) in [6, 6.07) is 0. The Hall–Kier alpha value is -1.07. The molecule has 0 aromatic carbocycles. The van der Waals surface area contributed by atoms with E-state index in [0.29, 0.717) is 5.75 Å². The van der Waals surface area contributed by atoms with Crippen molar-refractivity contribution in [2.45, 2.75) is 0 Å². The van der Waals surface area contributed by atoms with Gasteiger partial charge < -0.3 is 15.0 Å². The van der Waals surface area contributed by atoms with Gasteiger partial charge in [-0.25, -0.2) is 9.97 Å². The molecule has 0 radical (unpaired) electrons. The van der Waals surface area contributed by atoms with Crippen molar-refractivity contribution in [2.75, 3.05) is 38.2 Å². The number of halogens is 1. The van der Waals surface area contributed by atoms with E-state index < -0.39 is 0 Å². The van der Waals surface area contributed by atoms with Crippen molar-refractivity contribution in [3.05, 3.63) is 12.4 Å². The van der Waals surface area contributed by atoms with Gasteiger partial charge in [0.05, 0.1) is 19.5 Å². The van der Waals surface area contributed by atoms with Crippen LogP contribution < -0.4 is 15.0 Å². The van der Waals surface area contributed by atoms with Gasteiger partial charge in [0.25, 0.3) is 0 Å². The highest BCUT2D eigenvalue weighted by molar-refractivity contribution is 5.85. The third-order valence-corrected chi connectivity index (χ3v) is 2.25. The highest BCUT2D eigenvalue weighted by Gasteiger charge is 2.12. The van der Waals surface area contributed by atoms with E-state index in [9.17, 15) is 0 Å². The van der Waals surface area contributed by atoms with Crippen LogP contribution in [0.15, 0.2) is 12.4 Å². The van der Waals surface area contributed by atoms with Crippen molar-refractivity contribution in [3.63, 3.8) is 0 Å². The van der Waals surface area contributed by atoms with Crippen LogP contribution in [0.4, 0.5) is 5.95 Å². The molecule has 84 valence electrons. The van der Waals surface area contributed by atoms with E-state index in [-0.39, 0.29) is 12.4 Å². The molecule has 1 aromatic heterocycles. The van der Waals surface area contributed by atoms with Crippen LogP contribution in [0.2, 0.25) is 0 Å². The fourth-order valence-corrected chi connectivity index (χ4v) is 1.44. The first-order valence-corrected chi connectivity index (χ1v) is 4.72. The summed E-state index contributed by atoms with van der Waals surface area (Å²) in [4.78, 5) is 10.6. The number of methoxy groups -OCH3 is 1. The van der Waals surface area contributed by atoms with Crippen molar-refractivity contribution < 1.29 is 4.74 Å². The zero-order valence-electron chi connectivity index (χ0n) is 8.64. The Kier molecular flexibility index (Phi) is 4.58. The molecule has 1 N–H and O–H groups in total. The van der Waals surface area contributed by atoms with E-state index in [4.69, 9.17) is 4.74 Å². The number of aromatic nitrogens is 2. The molecule has 0 aliphatic carbocycles. The minimum absolute atomic E-state index is 0. The highest BCUT2D eigenvalue weighted by Crippen LogP contribution is 2.11. The molecule has 1 aromatic rings. The van der Waals surface area contributed by atoms with Gasteiger partial charge in [0.1, 0.15) is 0 Å². The second-order valence-electron chi connectivity index (χ2n) is 3.16. The van der Waals surface area contributed by atoms with E-state index in [1.165, 1.54) is 0 Å². The largest absolute Gasteiger partial charge is 0.494 e. The van der Waals surface area contributed by atoms with Crippen molar-refractivity contribution >= 4 is 18.4 Å². The van der Waals surface area contributed by atoms with E-state index >= 15 is 0 Å². The van der Waals surface area contributed by atoms with E-state index in [1.54, 1.807) is 19.5 Å². The lowest BCUT2D eigenvalue weighted by atomic mass is 10.4. The standard InChI is InChI=1S/C9H14N4O.ClH/c1-14-8-6-11-9(12-7-8)13-4-2-10-3-5-13;/h6-7,10H,2-5H2,1H3;1H. The molecular weight excluding hydrogens is 216 g/mol. The number of anilines is 1. The van der Waals surface area contributed by atoms with Gasteiger partial charge in [-0.05, 0) is 0 Å². The van der Waals surface area contributed by atoms with Gasteiger partial charge in [0.15, 0.2) is 5.75 Å². The highest BCUT2D eigenvalue weighted by atomic mass is 35.5. The lowest BCUT2D eigenvalue weighted by molar-refractivity contribution is 0.410. The Morgan fingerprint density at radius 2 is 1.87 bits per heavy atom. The van der Waals surface area contributed by atoms with Crippen LogP contribution >= 0.6 is 12.4 Å². The first-order valence-electron chi connectivity index (χ1n) is 4.72. The van der Waals surface area contributed by atoms with Crippen LogP contribution in [0.5, 0.6) is 5.75 Å². The maximum Gasteiger partial charge on any atom is 0.225 e. The Bertz CT molecular complexity index is 287. The fraction of sp³-hybridized carbons (Fsp3) is 0.556. The van der Waals surface area contributed by atoms with Gasteiger partial charge in [0.2, 0.25) is 5.95 Å². The SMILES string of the molecule is COc1cnc(N2CCNCC2)nc1.Cl. The molecule has 5 nitrogen and oxygen atoms in total. The molecule has 0 saturated carbocycles. The minimum atomic E-state index is 0. The summed E-state index contributed by atoms with van der Waals surface area (Å²) >= 11 is 0. The van der Waals surface area contributed by atoms with Crippen molar-refractivity contribution in [1.82, 2.24) is 15.3 Å². The molecule has 1 aliphatic rings. The normalized spacial score (nSPS) is 15.7. The average Bonchev–Trinajstić information content (AvgIpc) is 2.30. The van der Waals surface area contributed by atoms with Gasteiger partial charge in [-0.3, -0.25) is 0 Å². The third-order valence-electron chi connectivity index (χ3n) is 2.25. The molecule has 2 heterocycles. The third kappa shape index (κ3) is 2.94. The molecule has 0 bridgehead atoms. The number of piperazine rings is 1. The second-order valence-corrected chi connectivity index (χ2v) is 3.16. The maximum absolute atomic E-state index is 5.00. The molecule has 1 aliphatic heterocycles. The molecule has 1 fully saturated rings. The number of hydrogen-bond donors (Lipinski definition) is 1. The van der Waals surface area contributed by atoms with Crippen molar-refractivity contribution in [3.8, 4) is 5.75 Å². The predicted molar refractivity (Wildman–Crippen MR) is 60.9 cm³/mol. The van der Waals surface area contributed by atoms with Crippen LogP contribution in [0.25, 0.3) is 0 Å². The average molecular weight is 231 g/mol. The van der Waals surface area contributed by atoms with Crippen LogP contribution in [0.3, 0.4) is 0 Å². The van der Waals surface area contributed by atoms with Gasteiger partial charge in [0, 0.05) is 26.2 Å². The summed E-state index contributed by atoms with van der Waals surface area (Å²) in [5.41, 5.74) is 0. The van der Waals surface area contributed by atoms with Crippen LogP contribution in [0, 0.1) is 0 Å². The predicted octanol–water partition coefficient (Wildman–Crippen LogP) is 0.317. The molecule has 1 saturated heterocycles. The van der Waals surface area contributed by atoms with Gasteiger partial charge in [-0.15, -0.1) is 12.4 Å². The number of rotatable bonds is 2. The molecule has 15 heavy (non-hydrogen) atoms. The van der Waals surface area contributed by atoms with E-state index in [0.717, 1.165) is 32.1 Å². The first kappa shape index (κ1) is 12.0. The van der Waals surface area contributed by atoms with Gasteiger partial charge >= 0.3 is 0 Å². The monoisotopic (exact) mass is 230 g/mol. The topological polar surface area (TPSA) is 50.3 Å². The summed E-state index contributed by atoms with van der Waals surface area (Å²) in [6.07, 6.45) is 3.40. The summed E-state index contributed by atoms with van der Waals surface area (Å²) < 4.78 is 5.00. The van der Waals surface area contributed by atoms with Crippen LogP contribution in [-0.2, 0) is 0 Å². The Labute approximate surface area is 95.3 Å². The molecular formula is C9H15ClN4O. The Morgan fingerprint density at radius 3 is 2.40 bits per heavy atom. The quantitative estimate of drug-likeness (QED) is 0.793. The summed E-state index contributed by atoms with van der Waals surface area (Å²) in [7, 11) is 1.61. The molecule has 0 atom stereocenters. The zero-order chi connectivity index (χ0) is 9.80. The summed E-state index contributed by atoms with van der Waals surface area (Å²) in [5.74, 6) is 1.48. The minimum Gasteiger partial charge on any atom is -0.494 e. The molecule has 0 spiro atoms. The maximum atomic E-state index is 5.00. The van der Waals surface area contributed by atoms with Gasteiger partial charge in [-0.1, -0.05) is 0 Å². The fourth-order valence-electron chi connectivity index (χ4n) is 1.44. The van der Waals surface area contributed by atoms with Crippen molar-refractivity contribution in [1.29, 1.82) is 0 Å². The molecule has 0 amide bonds. The molecule has 2 rings (SSSR count). The molecule has 6 heteroatoms. The number of nitrogens with one attached hydrogen (secondary N) is 1.